The number of imidazole rings is 1. The van der Waals surface area contributed by atoms with Crippen LogP contribution in [0.4, 0.5) is 5.69 Å². The van der Waals surface area contributed by atoms with Gasteiger partial charge in [0.15, 0.2) is 6.29 Å². The summed E-state index contributed by atoms with van der Waals surface area (Å²) in [6.45, 7) is 0.0906. The Hall–Kier alpha value is -2.14. The third-order valence-corrected chi connectivity index (χ3v) is 2.44. The van der Waals surface area contributed by atoms with E-state index in [0.29, 0.717) is 22.7 Å². The normalized spacial score (nSPS) is 10.1. The van der Waals surface area contributed by atoms with Crippen molar-refractivity contribution in [1.82, 2.24) is 9.55 Å². The van der Waals surface area contributed by atoms with Crippen molar-refractivity contribution >= 4 is 29.5 Å². The van der Waals surface area contributed by atoms with Gasteiger partial charge in [-0.2, -0.15) is 0 Å². The molecule has 6 heteroatoms. The van der Waals surface area contributed by atoms with Crippen LogP contribution >= 0.6 is 11.6 Å². The summed E-state index contributed by atoms with van der Waals surface area (Å²) in [6, 6.07) is 6.88. The quantitative estimate of drug-likeness (QED) is 0.858. The van der Waals surface area contributed by atoms with Gasteiger partial charge in [0, 0.05) is 16.9 Å². The molecule has 0 atom stereocenters. The fraction of sp³-hybridized carbons (Fsp3) is 0.0833. The molecule has 92 valence electrons. The lowest BCUT2D eigenvalue weighted by Crippen LogP contribution is -2.17. The summed E-state index contributed by atoms with van der Waals surface area (Å²) in [4.78, 5) is 25.9. The Morgan fingerprint density at radius 2 is 2.33 bits per heavy atom. The van der Waals surface area contributed by atoms with Crippen molar-refractivity contribution in [2.75, 3.05) is 5.32 Å². The summed E-state index contributed by atoms with van der Waals surface area (Å²) in [6.07, 6.45) is 3.57. The molecule has 1 amide bonds. The predicted molar refractivity (Wildman–Crippen MR) is 67.7 cm³/mol. The molecule has 0 saturated carbocycles. The van der Waals surface area contributed by atoms with Crippen molar-refractivity contribution < 1.29 is 9.59 Å². The van der Waals surface area contributed by atoms with Gasteiger partial charge in [-0.15, -0.1) is 0 Å². The van der Waals surface area contributed by atoms with Crippen molar-refractivity contribution in [2.45, 2.75) is 6.54 Å². The molecule has 0 saturated heterocycles. The van der Waals surface area contributed by atoms with E-state index in [1.54, 1.807) is 24.3 Å². The monoisotopic (exact) mass is 263 g/mol. The van der Waals surface area contributed by atoms with Gasteiger partial charge in [-0.05, 0) is 18.2 Å². The van der Waals surface area contributed by atoms with Crippen LogP contribution in [0.5, 0.6) is 0 Å². The smallest absolute Gasteiger partial charge is 0.244 e. The molecule has 0 radical (unpaired) electrons. The molecule has 2 aromatic rings. The van der Waals surface area contributed by atoms with Gasteiger partial charge in [0.2, 0.25) is 5.91 Å². The fourth-order valence-corrected chi connectivity index (χ4v) is 1.65. The van der Waals surface area contributed by atoms with Crippen LogP contribution in [0.1, 0.15) is 10.5 Å². The maximum Gasteiger partial charge on any atom is 0.244 e. The lowest BCUT2D eigenvalue weighted by Gasteiger charge is -2.05. The van der Waals surface area contributed by atoms with Crippen LogP contribution in [0.15, 0.2) is 36.8 Å². The standard InChI is InChI=1S/C12H10ClN3O2/c13-9-2-1-3-10(4-9)15-12(18)6-16-5-11(7-17)14-8-16/h1-5,7-8H,6H2,(H,15,18). The topological polar surface area (TPSA) is 64.0 Å². The molecule has 0 unspecified atom stereocenters. The lowest BCUT2D eigenvalue weighted by molar-refractivity contribution is -0.116. The highest BCUT2D eigenvalue weighted by molar-refractivity contribution is 6.30. The van der Waals surface area contributed by atoms with Gasteiger partial charge in [-0.3, -0.25) is 9.59 Å². The molecule has 0 aliphatic heterocycles. The first-order valence-corrected chi connectivity index (χ1v) is 5.57. The van der Waals surface area contributed by atoms with Gasteiger partial charge >= 0.3 is 0 Å². The zero-order valence-corrected chi connectivity index (χ0v) is 10.1. The van der Waals surface area contributed by atoms with E-state index < -0.39 is 0 Å². The number of carbonyl (C=O) groups excluding carboxylic acids is 2. The number of rotatable bonds is 4. The first-order valence-electron chi connectivity index (χ1n) is 5.20. The number of aromatic nitrogens is 2. The molecule has 1 N–H and O–H groups in total. The minimum absolute atomic E-state index is 0.0906. The molecule has 1 heterocycles. The highest BCUT2D eigenvalue weighted by Gasteiger charge is 2.05. The fourth-order valence-electron chi connectivity index (χ4n) is 1.46. The predicted octanol–water partition coefficient (Wildman–Crippen LogP) is 1.99. The Labute approximate surface area is 108 Å². The van der Waals surface area contributed by atoms with Crippen molar-refractivity contribution in [2.24, 2.45) is 0 Å². The van der Waals surface area contributed by atoms with E-state index >= 15 is 0 Å². The number of hydrogen-bond acceptors (Lipinski definition) is 3. The van der Waals surface area contributed by atoms with Gasteiger partial charge < -0.3 is 9.88 Å². The summed E-state index contributed by atoms with van der Waals surface area (Å²) in [5, 5.41) is 3.25. The molecule has 2 rings (SSSR count). The summed E-state index contributed by atoms with van der Waals surface area (Å²) in [7, 11) is 0. The van der Waals surface area contributed by atoms with Crippen molar-refractivity contribution in [3.05, 3.63) is 47.5 Å². The Kier molecular flexibility index (Phi) is 3.74. The molecular weight excluding hydrogens is 254 g/mol. The molecule has 1 aromatic heterocycles. The second kappa shape index (κ2) is 5.46. The summed E-state index contributed by atoms with van der Waals surface area (Å²) in [5.41, 5.74) is 0.925. The number of carbonyl (C=O) groups is 2. The molecule has 5 nitrogen and oxygen atoms in total. The molecule has 0 aliphatic rings. The molecule has 0 spiro atoms. The van der Waals surface area contributed by atoms with Crippen LogP contribution in [0, 0.1) is 0 Å². The van der Waals surface area contributed by atoms with Crippen LogP contribution < -0.4 is 5.32 Å². The average Bonchev–Trinajstić information content (AvgIpc) is 2.76. The number of nitrogens with one attached hydrogen (secondary N) is 1. The second-order valence-corrected chi connectivity index (χ2v) is 4.08. The van der Waals surface area contributed by atoms with E-state index in [4.69, 9.17) is 11.6 Å². The maximum absolute atomic E-state index is 11.7. The SMILES string of the molecule is O=Cc1cn(CC(=O)Nc2cccc(Cl)c2)cn1. The van der Waals surface area contributed by atoms with E-state index in [0.717, 1.165) is 0 Å². The number of amides is 1. The van der Waals surface area contributed by atoms with Gasteiger partial charge in [-0.25, -0.2) is 4.98 Å². The van der Waals surface area contributed by atoms with Crippen LogP contribution in [0.2, 0.25) is 5.02 Å². The maximum atomic E-state index is 11.7. The number of benzene rings is 1. The average molecular weight is 264 g/mol. The number of halogens is 1. The number of anilines is 1. The number of aldehydes is 1. The molecule has 18 heavy (non-hydrogen) atoms. The van der Waals surface area contributed by atoms with E-state index in [9.17, 15) is 9.59 Å². The molecule has 0 aliphatic carbocycles. The van der Waals surface area contributed by atoms with Gasteiger partial charge in [0.25, 0.3) is 0 Å². The molecule has 0 fully saturated rings. The first-order chi connectivity index (χ1) is 8.67. The first kappa shape index (κ1) is 12.3. The van der Waals surface area contributed by atoms with Crippen LogP contribution in [0.25, 0.3) is 0 Å². The molecule has 1 aromatic carbocycles. The zero-order chi connectivity index (χ0) is 13.0. The van der Waals surface area contributed by atoms with Crippen LogP contribution in [-0.2, 0) is 11.3 Å². The van der Waals surface area contributed by atoms with Gasteiger partial charge in [-0.1, -0.05) is 17.7 Å². The highest BCUT2D eigenvalue weighted by atomic mass is 35.5. The molecule has 0 bridgehead atoms. The van der Waals surface area contributed by atoms with Crippen LogP contribution in [0.3, 0.4) is 0 Å². The Morgan fingerprint density at radius 3 is 3.00 bits per heavy atom. The summed E-state index contributed by atoms with van der Waals surface area (Å²) in [5.74, 6) is -0.216. The third kappa shape index (κ3) is 3.18. The minimum Gasteiger partial charge on any atom is -0.327 e. The van der Waals surface area contributed by atoms with Crippen molar-refractivity contribution in [3.8, 4) is 0 Å². The van der Waals surface area contributed by atoms with E-state index in [-0.39, 0.29) is 12.5 Å². The largest absolute Gasteiger partial charge is 0.327 e. The Morgan fingerprint density at radius 1 is 1.50 bits per heavy atom. The Balaban J connectivity index is 1.98. The van der Waals surface area contributed by atoms with Gasteiger partial charge in [0.05, 0.1) is 6.33 Å². The van der Waals surface area contributed by atoms with Crippen molar-refractivity contribution in [1.29, 1.82) is 0 Å². The van der Waals surface area contributed by atoms with E-state index in [1.807, 2.05) is 0 Å². The van der Waals surface area contributed by atoms with E-state index in [2.05, 4.69) is 10.3 Å². The zero-order valence-electron chi connectivity index (χ0n) is 9.34. The van der Waals surface area contributed by atoms with E-state index in [1.165, 1.54) is 17.1 Å². The van der Waals surface area contributed by atoms with Crippen molar-refractivity contribution in [3.63, 3.8) is 0 Å². The second-order valence-electron chi connectivity index (χ2n) is 3.65. The molecular formula is C12H10ClN3O2. The summed E-state index contributed by atoms with van der Waals surface area (Å²) >= 11 is 5.81. The number of nitrogens with zero attached hydrogens (tertiary/aromatic N) is 2. The third-order valence-electron chi connectivity index (χ3n) is 2.21. The minimum atomic E-state index is -0.216. The Bertz CT molecular complexity index is 580. The summed E-state index contributed by atoms with van der Waals surface area (Å²) < 4.78 is 1.53. The number of hydrogen-bond donors (Lipinski definition) is 1. The highest BCUT2D eigenvalue weighted by Crippen LogP contribution is 2.14. The van der Waals surface area contributed by atoms with Gasteiger partial charge in [0.1, 0.15) is 12.2 Å². The lowest BCUT2D eigenvalue weighted by atomic mass is 10.3. The van der Waals surface area contributed by atoms with Crippen LogP contribution in [-0.4, -0.2) is 21.7 Å².